The molecule has 2 aromatic carbocycles. The number of ether oxygens (including phenoxy) is 1. The van der Waals surface area contributed by atoms with Gasteiger partial charge in [-0.25, -0.2) is 14.3 Å². The van der Waals surface area contributed by atoms with E-state index in [-0.39, 0.29) is 18.0 Å². The van der Waals surface area contributed by atoms with Gasteiger partial charge >= 0.3 is 12.2 Å². The predicted molar refractivity (Wildman–Crippen MR) is 156 cm³/mol. The van der Waals surface area contributed by atoms with Crippen molar-refractivity contribution in [2.75, 3.05) is 24.5 Å². The van der Waals surface area contributed by atoms with Crippen LogP contribution < -0.4 is 21.1 Å². The second kappa shape index (κ2) is 14.1. The van der Waals surface area contributed by atoms with Crippen LogP contribution in [0.2, 0.25) is 0 Å². The Hall–Kier alpha value is -4.67. The molecule has 0 atom stereocenters. The molecule has 3 amide bonds. The molecule has 0 aliphatic carbocycles. The van der Waals surface area contributed by atoms with E-state index in [1.165, 1.54) is 15.6 Å². The number of hydrogen-bond acceptors (Lipinski definition) is 6. The molecule has 0 aliphatic heterocycles. The third-order valence-corrected chi connectivity index (χ3v) is 5.97. The first-order chi connectivity index (χ1) is 19.5. The van der Waals surface area contributed by atoms with Gasteiger partial charge in [0, 0.05) is 42.5 Å². The zero-order valence-corrected chi connectivity index (χ0v) is 23.8. The average Bonchev–Trinajstić information content (AvgIpc) is 2.91. The number of alkyl carbamates (subject to hydrolysis) is 1. The van der Waals surface area contributed by atoms with Gasteiger partial charge in [-0.15, -0.1) is 0 Å². The molecule has 0 bridgehead atoms. The van der Waals surface area contributed by atoms with Crippen LogP contribution in [-0.2, 0) is 11.3 Å². The van der Waals surface area contributed by atoms with Crippen molar-refractivity contribution in [3.05, 3.63) is 82.1 Å². The minimum Gasteiger partial charge on any atom is -0.465 e. The number of rotatable bonds is 11. The van der Waals surface area contributed by atoms with Crippen LogP contribution in [0.5, 0.6) is 0 Å². The standard InChI is InChI=1S/C30H37N5O6/c1-5-34(29(39)40)24-10-8-9-21(19-24)20-35-26(36)16-15-25(33-35)22-11-13-23(14-12-22)27(37)31-17-6-7-18-32-28(38)41-30(2,3)4/h8-16,19H,5-7,17-18,20H2,1-4H3,(H,31,37)(H,32,38)(H,39,40). The minimum absolute atomic E-state index is 0.172. The highest BCUT2D eigenvalue weighted by atomic mass is 16.6. The maximum atomic E-state index is 12.5. The number of carboxylic acid groups (broad SMARTS) is 1. The van der Waals surface area contributed by atoms with E-state index in [1.54, 1.807) is 76.2 Å². The van der Waals surface area contributed by atoms with Gasteiger partial charge in [0.1, 0.15) is 5.60 Å². The highest BCUT2D eigenvalue weighted by molar-refractivity contribution is 5.94. The Morgan fingerprint density at radius 1 is 0.976 bits per heavy atom. The van der Waals surface area contributed by atoms with Crippen molar-refractivity contribution in [3.63, 3.8) is 0 Å². The van der Waals surface area contributed by atoms with E-state index in [9.17, 15) is 24.3 Å². The number of unbranched alkanes of at least 4 members (excludes halogenated alkanes) is 1. The monoisotopic (exact) mass is 563 g/mol. The van der Waals surface area contributed by atoms with Crippen molar-refractivity contribution in [3.8, 4) is 11.3 Å². The van der Waals surface area contributed by atoms with Crippen molar-refractivity contribution < 1.29 is 24.2 Å². The zero-order valence-electron chi connectivity index (χ0n) is 23.8. The van der Waals surface area contributed by atoms with Gasteiger partial charge < -0.3 is 20.5 Å². The van der Waals surface area contributed by atoms with E-state index >= 15 is 0 Å². The molecule has 3 rings (SSSR count). The molecule has 11 nitrogen and oxygen atoms in total. The Kier molecular flexibility index (Phi) is 10.6. The lowest BCUT2D eigenvalue weighted by Crippen LogP contribution is -2.33. The number of carbonyl (C=O) groups excluding carboxylic acids is 2. The molecule has 3 N–H and O–H groups in total. The van der Waals surface area contributed by atoms with Gasteiger partial charge in [-0.1, -0.05) is 24.3 Å². The van der Waals surface area contributed by atoms with Crippen LogP contribution in [0.3, 0.4) is 0 Å². The summed E-state index contributed by atoms with van der Waals surface area (Å²) in [6.07, 6.45) is -0.118. The highest BCUT2D eigenvalue weighted by Gasteiger charge is 2.16. The Morgan fingerprint density at radius 3 is 2.29 bits per heavy atom. The van der Waals surface area contributed by atoms with E-state index in [1.807, 2.05) is 6.07 Å². The molecule has 0 spiro atoms. The van der Waals surface area contributed by atoms with Crippen molar-refractivity contribution in [1.82, 2.24) is 20.4 Å². The molecule has 3 aromatic rings. The van der Waals surface area contributed by atoms with Crippen molar-refractivity contribution >= 4 is 23.8 Å². The SMILES string of the molecule is CCN(C(=O)O)c1cccc(Cn2nc(-c3ccc(C(=O)NCCCCNC(=O)OC(C)(C)C)cc3)ccc2=O)c1. The summed E-state index contributed by atoms with van der Waals surface area (Å²) in [4.78, 5) is 49.4. The highest BCUT2D eigenvalue weighted by Crippen LogP contribution is 2.19. The first-order valence-corrected chi connectivity index (χ1v) is 13.5. The van der Waals surface area contributed by atoms with Crippen LogP contribution >= 0.6 is 0 Å². The van der Waals surface area contributed by atoms with Gasteiger partial charge in [-0.3, -0.25) is 14.5 Å². The summed E-state index contributed by atoms with van der Waals surface area (Å²) in [5.41, 5.74) is 2.21. The molecule has 11 heteroatoms. The van der Waals surface area contributed by atoms with Crippen LogP contribution in [0, 0.1) is 0 Å². The summed E-state index contributed by atoms with van der Waals surface area (Å²) in [6, 6.07) is 17.0. The first kappa shape index (κ1) is 30.9. The van der Waals surface area contributed by atoms with Crippen LogP contribution in [0.4, 0.5) is 15.3 Å². The summed E-state index contributed by atoms with van der Waals surface area (Å²) in [7, 11) is 0. The lowest BCUT2D eigenvalue weighted by molar-refractivity contribution is 0.0526. The Morgan fingerprint density at radius 2 is 1.66 bits per heavy atom. The van der Waals surface area contributed by atoms with Gasteiger partial charge in [0.25, 0.3) is 11.5 Å². The lowest BCUT2D eigenvalue weighted by Gasteiger charge is -2.19. The summed E-state index contributed by atoms with van der Waals surface area (Å²) >= 11 is 0. The van der Waals surface area contributed by atoms with Crippen molar-refractivity contribution in [2.45, 2.75) is 52.7 Å². The van der Waals surface area contributed by atoms with Crippen molar-refractivity contribution in [2.24, 2.45) is 0 Å². The van der Waals surface area contributed by atoms with Gasteiger partial charge in [0.2, 0.25) is 0 Å². The Balaban J connectivity index is 1.56. The van der Waals surface area contributed by atoms with Gasteiger partial charge in [0.15, 0.2) is 0 Å². The topological polar surface area (TPSA) is 143 Å². The summed E-state index contributed by atoms with van der Waals surface area (Å²) in [5, 5.41) is 19.4. The van der Waals surface area contributed by atoms with E-state index in [4.69, 9.17) is 4.74 Å². The molecule has 1 heterocycles. The van der Waals surface area contributed by atoms with Crippen molar-refractivity contribution in [1.29, 1.82) is 0 Å². The fourth-order valence-electron chi connectivity index (χ4n) is 3.99. The molecule has 0 aliphatic rings. The number of nitrogens with one attached hydrogen (secondary N) is 2. The van der Waals surface area contributed by atoms with Crippen LogP contribution in [-0.4, -0.2) is 58.2 Å². The fourth-order valence-corrected chi connectivity index (χ4v) is 3.99. The molecule has 0 unspecified atom stereocenters. The Labute approximate surface area is 239 Å². The molecular weight excluding hydrogens is 526 g/mol. The van der Waals surface area contributed by atoms with E-state index in [2.05, 4.69) is 15.7 Å². The van der Waals surface area contributed by atoms with Gasteiger partial charge in [-0.05, 0) is 76.4 Å². The quantitative estimate of drug-likeness (QED) is 0.292. The van der Waals surface area contributed by atoms with Gasteiger partial charge in [0.05, 0.1) is 12.2 Å². The molecule has 218 valence electrons. The maximum absolute atomic E-state index is 12.5. The Bertz CT molecular complexity index is 1410. The third kappa shape index (κ3) is 9.48. The lowest BCUT2D eigenvalue weighted by atomic mass is 10.1. The number of anilines is 1. The van der Waals surface area contributed by atoms with E-state index in [0.717, 1.165) is 11.1 Å². The largest absolute Gasteiger partial charge is 0.465 e. The number of nitrogens with zero attached hydrogens (tertiary/aromatic N) is 3. The molecule has 0 radical (unpaired) electrons. The molecule has 41 heavy (non-hydrogen) atoms. The molecular formula is C30H37N5O6. The number of aromatic nitrogens is 2. The predicted octanol–water partition coefficient (Wildman–Crippen LogP) is 4.50. The van der Waals surface area contributed by atoms with Crippen LogP contribution in [0.1, 0.15) is 56.5 Å². The van der Waals surface area contributed by atoms with E-state index < -0.39 is 17.8 Å². The third-order valence-electron chi connectivity index (χ3n) is 5.97. The molecule has 0 saturated heterocycles. The summed E-state index contributed by atoms with van der Waals surface area (Å²) in [6.45, 7) is 8.55. The second-order valence-electron chi connectivity index (χ2n) is 10.4. The van der Waals surface area contributed by atoms with Crippen LogP contribution in [0.15, 0.2) is 65.5 Å². The molecule has 1 aromatic heterocycles. The normalized spacial score (nSPS) is 11.0. The number of amides is 3. The maximum Gasteiger partial charge on any atom is 0.411 e. The molecule has 0 fully saturated rings. The number of hydrogen-bond donors (Lipinski definition) is 3. The fraction of sp³-hybridized carbons (Fsp3) is 0.367. The second-order valence-corrected chi connectivity index (χ2v) is 10.4. The zero-order chi connectivity index (χ0) is 30.0. The smallest absolute Gasteiger partial charge is 0.411 e. The number of carbonyl (C=O) groups is 3. The van der Waals surface area contributed by atoms with Gasteiger partial charge in [-0.2, -0.15) is 5.10 Å². The number of benzene rings is 2. The van der Waals surface area contributed by atoms with Crippen LogP contribution in [0.25, 0.3) is 11.3 Å². The average molecular weight is 564 g/mol. The van der Waals surface area contributed by atoms with E-state index in [0.29, 0.717) is 49.4 Å². The molecule has 0 saturated carbocycles. The summed E-state index contributed by atoms with van der Waals surface area (Å²) < 4.78 is 6.51. The first-order valence-electron chi connectivity index (χ1n) is 13.5. The summed E-state index contributed by atoms with van der Waals surface area (Å²) in [5.74, 6) is -0.211. The minimum atomic E-state index is -1.05.